The second kappa shape index (κ2) is 8.65. The number of aliphatic hydroxyl groups is 1. The largest absolute Gasteiger partial charge is 0.396 e. The quantitative estimate of drug-likeness (QED) is 0.760. The van der Waals surface area contributed by atoms with E-state index in [0.717, 1.165) is 29.9 Å². The number of terminal acetylenes is 1. The highest BCUT2D eigenvalue weighted by Crippen LogP contribution is 2.18. The van der Waals surface area contributed by atoms with Gasteiger partial charge in [0.05, 0.1) is 6.42 Å². The number of aliphatic hydroxyl groups excluding tert-OH is 1. The first-order valence-corrected chi connectivity index (χ1v) is 9.13. The summed E-state index contributed by atoms with van der Waals surface area (Å²) in [7, 11) is 0. The van der Waals surface area contributed by atoms with Crippen molar-refractivity contribution in [1.29, 1.82) is 0 Å². The fraction of sp³-hybridized carbons (Fsp3) is 0.381. The maximum Gasteiger partial charge on any atom is 0.224 e. The number of rotatable bonds is 6. The highest BCUT2D eigenvalue weighted by atomic mass is 16.3. The number of nitrogens with zero attached hydrogens (tertiary/aromatic N) is 3. The molecule has 1 amide bonds. The van der Waals surface area contributed by atoms with E-state index >= 15 is 0 Å². The van der Waals surface area contributed by atoms with E-state index in [2.05, 4.69) is 26.3 Å². The average molecular weight is 364 g/mol. The molecule has 1 unspecified atom stereocenters. The molecule has 1 aliphatic heterocycles. The van der Waals surface area contributed by atoms with Crippen LogP contribution in [0.5, 0.6) is 0 Å². The zero-order valence-electron chi connectivity index (χ0n) is 15.4. The zero-order chi connectivity index (χ0) is 19.2. The monoisotopic (exact) mass is 364 g/mol. The second-order valence-electron chi connectivity index (χ2n) is 6.92. The van der Waals surface area contributed by atoms with Crippen LogP contribution in [0.25, 0.3) is 0 Å². The molecule has 2 aromatic rings. The number of amides is 1. The van der Waals surface area contributed by atoms with Crippen LogP contribution >= 0.6 is 0 Å². The van der Waals surface area contributed by atoms with Crippen LogP contribution < -0.4 is 10.2 Å². The van der Waals surface area contributed by atoms with E-state index in [1.54, 1.807) is 6.07 Å². The van der Waals surface area contributed by atoms with Crippen LogP contribution in [0.15, 0.2) is 36.4 Å². The summed E-state index contributed by atoms with van der Waals surface area (Å²) < 4.78 is 0. The van der Waals surface area contributed by atoms with Gasteiger partial charge in [-0.2, -0.15) is 0 Å². The standard InChI is InChI=1S/C21H24N4O2/c1-3-18-8-9-20(24-23-18)25-11-10-19(13-25)22-21(27)12-16-4-6-17(7-5-16)15(2)14-26/h1,4-9,15,19,26H,10-14H2,2H3,(H,22,27)/t15?,19-/m1/s1. The van der Waals surface area contributed by atoms with Gasteiger partial charge in [0.2, 0.25) is 5.91 Å². The summed E-state index contributed by atoms with van der Waals surface area (Å²) in [5.74, 6) is 3.35. The molecule has 1 fully saturated rings. The van der Waals surface area contributed by atoms with Crippen LogP contribution in [0.1, 0.15) is 36.1 Å². The molecule has 27 heavy (non-hydrogen) atoms. The maximum atomic E-state index is 12.4. The molecule has 6 heteroatoms. The minimum atomic E-state index is 0.0126. The molecule has 1 aliphatic rings. The summed E-state index contributed by atoms with van der Waals surface area (Å²) in [4.78, 5) is 14.5. The molecule has 0 spiro atoms. The number of aromatic nitrogens is 2. The predicted molar refractivity (Wildman–Crippen MR) is 104 cm³/mol. The first-order chi connectivity index (χ1) is 13.1. The van der Waals surface area contributed by atoms with Crippen LogP contribution in [0, 0.1) is 12.3 Å². The van der Waals surface area contributed by atoms with E-state index in [-0.39, 0.29) is 24.5 Å². The Morgan fingerprint density at radius 3 is 2.74 bits per heavy atom. The molecule has 2 heterocycles. The van der Waals surface area contributed by atoms with Gasteiger partial charge in [-0.05, 0) is 35.6 Å². The Balaban J connectivity index is 1.50. The molecule has 0 saturated carbocycles. The summed E-state index contributed by atoms with van der Waals surface area (Å²) in [5.41, 5.74) is 2.55. The van der Waals surface area contributed by atoms with Crippen LogP contribution in [0.4, 0.5) is 5.82 Å². The Morgan fingerprint density at radius 1 is 1.33 bits per heavy atom. The Hall–Kier alpha value is -2.91. The third-order valence-corrected chi connectivity index (χ3v) is 4.86. The summed E-state index contributed by atoms with van der Waals surface area (Å²) in [5, 5.41) is 20.4. The predicted octanol–water partition coefficient (Wildman–Crippen LogP) is 1.49. The first kappa shape index (κ1) is 18.9. The summed E-state index contributed by atoms with van der Waals surface area (Å²) >= 11 is 0. The van der Waals surface area contributed by atoms with E-state index in [0.29, 0.717) is 18.7 Å². The minimum absolute atomic E-state index is 0.0126. The molecule has 1 saturated heterocycles. The zero-order valence-corrected chi connectivity index (χ0v) is 15.4. The molecule has 1 aromatic carbocycles. The summed E-state index contributed by atoms with van der Waals surface area (Å²) in [6, 6.07) is 11.6. The van der Waals surface area contributed by atoms with Gasteiger partial charge < -0.3 is 15.3 Å². The van der Waals surface area contributed by atoms with Crippen molar-refractivity contribution in [3.63, 3.8) is 0 Å². The van der Waals surface area contributed by atoms with Crippen LogP contribution in [-0.2, 0) is 11.2 Å². The molecule has 1 aromatic heterocycles. The lowest BCUT2D eigenvalue weighted by atomic mass is 10.00. The molecule has 2 atom stereocenters. The van der Waals surface area contributed by atoms with E-state index in [1.165, 1.54) is 0 Å². The van der Waals surface area contributed by atoms with Crippen molar-refractivity contribution < 1.29 is 9.90 Å². The number of nitrogens with one attached hydrogen (secondary N) is 1. The highest BCUT2D eigenvalue weighted by Gasteiger charge is 2.25. The Bertz CT molecular complexity index is 812. The number of hydrogen-bond acceptors (Lipinski definition) is 5. The van der Waals surface area contributed by atoms with Gasteiger partial charge >= 0.3 is 0 Å². The fourth-order valence-electron chi connectivity index (χ4n) is 3.19. The lowest BCUT2D eigenvalue weighted by molar-refractivity contribution is -0.121. The molecule has 0 aliphatic carbocycles. The number of carbonyl (C=O) groups is 1. The fourth-order valence-corrected chi connectivity index (χ4v) is 3.19. The van der Waals surface area contributed by atoms with Crippen molar-refractivity contribution in [3.05, 3.63) is 53.2 Å². The summed E-state index contributed by atoms with van der Waals surface area (Å²) in [6.45, 7) is 3.62. The number of hydrogen-bond donors (Lipinski definition) is 2. The first-order valence-electron chi connectivity index (χ1n) is 9.13. The van der Waals surface area contributed by atoms with Gasteiger partial charge in [-0.25, -0.2) is 0 Å². The summed E-state index contributed by atoms with van der Waals surface area (Å²) in [6.07, 6.45) is 6.52. The highest BCUT2D eigenvalue weighted by molar-refractivity contribution is 5.79. The molecular weight excluding hydrogens is 340 g/mol. The van der Waals surface area contributed by atoms with Crippen molar-refractivity contribution in [2.24, 2.45) is 0 Å². The maximum absolute atomic E-state index is 12.4. The minimum Gasteiger partial charge on any atom is -0.396 e. The number of carbonyl (C=O) groups excluding carboxylic acids is 1. The third kappa shape index (κ3) is 4.83. The van der Waals surface area contributed by atoms with Gasteiger partial charge in [-0.1, -0.05) is 31.2 Å². The Kier molecular flexibility index (Phi) is 6.05. The van der Waals surface area contributed by atoms with E-state index in [9.17, 15) is 9.90 Å². The molecule has 2 N–H and O–H groups in total. The van der Waals surface area contributed by atoms with Crippen LogP contribution in [0.2, 0.25) is 0 Å². The lowest BCUT2D eigenvalue weighted by Gasteiger charge is -2.17. The van der Waals surface area contributed by atoms with Gasteiger partial charge in [0.25, 0.3) is 0 Å². The lowest BCUT2D eigenvalue weighted by Crippen LogP contribution is -2.38. The van der Waals surface area contributed by atoms with Crippen molar-refractivity contribution in [3.8, 4) is 12.3 Å². The van der Waals surface area contributed by atoms with Crippen LogP contribution in [0.3, 0.4) is 0 Å². The van der Waals surface area contributed by atoms with Crippen molar-refractivity contribution >= 4 is 11.7 Å². The molecule has 3 rings (SSSR count). The molecule has 0 radical (unpaired) electrons. The van der Waals surface area contributed by atoms with Crippen molar-refractivity contribution in [2.45, 2.75) is 31.7 Å². The number of benzene rings is 1. The van der Waals surface area contributed by atoms with Gasteiger partial charge in [0, 0.05) is 31.7 Å². The Morgan fingerprint density at radius 2 is 2.11 bits per heavy atom. The van der Waals surface area contributed by atoms with Gasteiger partial charge in [-0.3, -0.25) is 4.79 Å². The normalized spacial score (nSPS) is 17.4. The van der Waals surface area contributed by atoms with Gasteiger partial charge in [-0.15, -0.1) is 16.6 Å². The van der Waals surface area contributed by atoms with Crippen LogP contribution in [-0.4, -0.2) is 46.9 Å². The molecular formula is C21H24N4O2. The van der Waals surface area contributed by atoms with Gasteiger partial charge in [0.15, 0.2) is 5.82 Å². The van der Waals surface area contributed by atoms with Gasteiger partial charge in [0.1, 0.15) is 5.69 Å². The molecule has 0 bridgehead atoms. The third-order valence-electron chi connectivity index (χ3n) is 4.86. The molecule has 6 nitrogen and oxygen atoms in total. The smallest absolute Gasteiger partial charge is 0.224 e. The number of anilines is 1. The van der Waals surface area contributed by atoms with Crippen molar-refractivity contribution in [1.82, 2.24) is 15.5 Å². The van der Waals surface area contributed by atoms with Crippen molar-refractivity contribution in [2.75, 3.05) is 24.6 Å². The van der Waals surface area contributed by atoms with E-state index in [1.807, 2.05) is 37.3 Å². The topological polar surface area (TPSA) is 78.4 Å². The molecule has 140 valence electrons. The Labute approximate surface area is 159 Å². The second-order valence-corrected chi connectivity index (χ2v) is 6.92. The van der Waals surface area contributed by atoms with E-state index < -0.39 is 0 Å². The average Bonchev–Trinajstić information content (AvgIpc) is 3.16. The SMILES string of the molecule is C#Cc1ccc(N2CC[C@@H](NC(=O)Cc3ccc(C(C)CO)cc3)C2)nn1. The van der Waals surface area contributed by atoms with E-state index in [4.69, 9.17) is 6.42 Å².